The number of aryl methyl sites for hydroxylation is 2. The molecule has 8 nitrogen and oxygen atoms in total. The van der Waals surface area contributed by atoms with E-state index in [0.29, 0.717) is 18.1 Å². The van der Waals surface area contributed by atoms with Crippen molar-refractivity contribution in [2.24, 2.45) is 0 Å². The number of carbonyl (C=O) groups excluding carboxylic acids is 1. The summed E-state index contributed by atoms with van der Waals surface area (Å²) in [6.45, 7) is 4.24. The van der Waals surface area contributed by atoms with Crippen molar-refractivity contribution in [2.45, 2.75) is 20.5 Å². The van der Waals surface area contributed by atoms with E-state index >= 15 is 0 Å². The third-order valence-electron chi connectivity index (χ3n) is 4.77. The Kier molecular flexibility index (Phi) is 6.31. The van der Waals surface area contributed by atoms with Gasteiger partial charge < -0.3 is 10.1 Å². The normalized spacial score (nSPS) is 10.9. The highest BCUT2D eigenvalue weighted by molar-refractivity contribution is 6.02. The van der Waals surface area contributed by atoms with Crippen LogP contribution in [0.3, 0.4) is 0 Å². The van der Waals surface area contributed by atoms with Gasteiger partial charge in [0.15, 0.2) is 5.82 Å². The molecule has 0 bridgehead atoms. The predicted molar refractivity (Wildman–Crippen MR) is 121 cm³/mol. The summed E-state index contributed by atoms with van der Waals surface area (Å²) in [4.78, 5) is 16.5. The molecule has 8 heteroatoms. The van der Waals surface area contributed by atoms with Crippen LogP contribution in [-0.4, -0.2) is 31.1 Å². The molecule has 0 aliphatic heterocycles. The molecule has 2 aromatic carbocycles. The second-order valence-electron chi connectivity index (χ2n) is 7.18. The molecule has 2 heterocycles. The van der Waals surface area contributed by atoms with Crippen molar-refractivity contribution >= 4 is 17.7 Å². The number of benzene rings is 2. The molecule has 4 rings (SSSR count). The summed E-state index contributed by atoms with van der Waals surface area (Å²) in [5, 5.41) is 14.5. The van der Waals surface area contributed by atoms with E-state index < -0.39 is 0 Å². The van der Waals surface area contributed by atoms with Crippen molar-refractivity contribution in [1.29, 1.82) is 0 Å². The van der Waals surface area contributed by atoms with Crippen LogP contribution < -0.4 is 10.1 Å². The number of nitrogens with zero attached hydrogens (tertiary/aromatic N) is 5. The van der Waals surface area contributed by atoms with Gasteiger partial charge in [0, 0.05) is 29.7 Å². The molecule has 32 heavy (non-hydrogen) atoms. The molecule has 0 atom stereocenters. The van der Waals surface area contributed by atoms with Crippen molar-refractivity contribution < 1.29 is 9.53 Å². The fourth-order valence-corrected chi connectivity index (χ4v) is 3.05. The molecule has 0 unspecified atom stereocenters. The topological polar surface area (TPSA) is 94.8 Å². The van der Waals surface area contributed by atoms with E-state index in [1.165, 1.54) is 6.08 Å². The van der Waals surface area contributed by atoms with Crippen molar-refractivity contribution in [3.8, 4) is 11.4 Å². The smallest absolute Gasteiger partial charge is 0.248 e. The fourth-order valence-electron chi connectivity index (χ4n) is 3.05. The molecule has 0 radical (unpaired) electrons. The van der Waals surface area contributed by atoms with Gasteiger partial charge in [0.1, 0.15) is 12.4 Å². The van der Waals surface area contributed by atoms with Gasteiger partial charge in [-0.05, 0) is 71.8 Å². The lowest BCUT2D eigenvalue weighted by Gasteiger charge is -2.09. The average Bonchev–Trinajstić information content (AvgIpc) is 3.24. The number of amides is 1. The number of hydrogen-bond acceptors (Lipinski definition) is 6. The first-order valence-electron chi connectivity index (χ1n) is 10.1. The largest absolute Gasteiger partial charge is 0.489 e. The number of ether oxygens (including phenoxy) is 1. The number of aromatic nitrogens is 5. The van der Waals surface area contributed by atoms with Crippen molar-refractivity contribution in [3.05, 3.63) is 95.6 Å². The first-order valence-corrected chi connectivity index (χ1v) is 10.1. The van der Waals surface area contributed by atoms with E-state index in [1.807, 2.05) is 68.4 Å². The summed E-state index contributed by atoms with van der Waals surface area (Å²) in [5.41, 5.74) is 4.37. The van der Waals surface area contributed by atoms with E-state index in [0.717, 1.165) is 28.1 Å². The number of rotatable bonds is 7. The van der Waals surface area contributed by atoms with Gasteiger partial charge in [0.25, 0.3) is 0 Å². The summed E-state index contributed by atoms with van der Waals surface area (Å²) >= 11 is 0. The lowest BCUT2D eigenvalue weighted by Crippen LogP contribution is -2.09. The quantitative estimate of drug-likeness (QED) is 0.450. The number of pyridine rings is 1. The summed E-state index contributed by atoms with van der Waals surface area (Å²) in [6.07, 6.45) is 6.75. The molecule has 0 saturated heterocycles. The zero-order valence-corrected chi connectivity index (χ0v) is 17.8. The molecule has 0 fully saturated rings. The number of tetrazole rings is 1. The number of anilines is 1. The monoisotopic (exact) mass is 426 g/mol. The van der Waals surface area contributed by atoms with Gasteiger partial charge in [-0.2, -0.15) is 4.68 Å². The highest BCUT2D eigenvalue weighted by Gasteiger charge is 2.09. The predicted octanol–water partition coefficient (Wildman–Crippen LogP) is 3.91. The fraction of sp³-hybridized carbons (Fsp3) is 0.125. The number of carbonyl (C=O) groups is 1. The van der Waals surface area contributed by atoms with Gasteiger partial charge in [-0.3, -0.25) is 9.78 Å². The van der Waals surface area contributed by atoms with Gasteiger partial charge in [0.2, 0.25) is 5.91 Å². The molecular weight excluding hydrogens is 404 g/mol. The molecule has 160 valence electrons. The molecule has 0 saturated carbocycles. The van der Waals surface area contributed by atoms with Gasteiger partial charge >= 0.3 is 0 Å². The zero-order chi connectivity index (χ0) is 22.3. The maximum atomic E-state index is 12.4. The first kappa shape index (κ1) is 20.9. The van der Waals surface area contributed by atoms with E-state index in [1.54, 1.807) is 23.2 Å². The molecule has 0 spiro atoms. The minimum absolute atomic E-state index is 0.231. The van der Waals surface area contributed by atoms with Crippen LogP contribution in [0, 0.1) is 13.8 Å². The van der Waals surface area contributed by atoms with Crippen LogP contribution in [-0.2, 0) is 11.4 Å². The summed E-state index contributed by atoms with van der Waals surface area (Å²) < 4.78 is 7.39. The Morgan fingerprint density at radius 2 is 1.97 bits per heavy atom. The Balaban J connectivity index is 1.36. The molecular formula is C24H22N6O2. The van der Waals surface area contributed by atoms with Crippen LogP contribution in [0.25, 0.3) is 11.8 Å². The SMILES string of the molecule is Cc1ccc(NC(=O)/C=C/c2ccc(OCc3cccnc3)cc2)cc1-n1nnnc1C. The Bertz CT molecular complexity index is 1230. The third-order valence-corrected chi connectivity index (χ3v) is 4.77. The van der Waals surface area contributed by atoms with Gasteiger partial charge in [-0.25, -0.2) is 0 Å². The van der Waals surface area contributed by atoms with Crippen molar-refractivity contribution in [1.82, 2.24) is 25.2 Å². The van der Waals surface area contributed by atoms with E-state index in [-0.39, 0.29) is 5.91 Å². The lowest BCUT2D eigenvalue weighted by molar-refractivity contribution is -0.111. The van der Waals surface area contributed by atoms with Crippen LogP contribution in [0.1, 0.15) is 22.5 Å². The Labute approximate surface area is 185 Å². The first-order chi connectivity index (χ1) is 15.6. The summed E-state index contributed by atoms with van der Waals surface area (Å²) in [7, 11) is 0. The van der Waals surface area contributed by atoms with Gasteiger partial charge in [0.05, 0.1) is 5.69 Å². The van der Waals surface area contributed by atoms with Crippen molar-refractivity contribution in [2.75, 3.05) is 5.32 Å². The zero-order valence-electron chi connectivity index (χ0n) is 17.8. The standard InChI is InChI=1S/C24H22N6O2/c1-17-5-9-21(14-23(17)30-18(2)27-28-29-30)26-24(31)12-8-19-6-10-22(11-7-19)32-16-20-4-3-13-25-15-20/h3-15H,16H2,1-2H3,(H,26,31)/b12-8+. The van der Waals surface area contributed by atoms with Crippen LogP contribution in [0.15, 0.2) is 73.1 Å². The molecule has 1 amide bonds. The highest BCUT2D eigenvalue weighted by Crippen LogP contribution is 2.20. The second kappa shape index (κ2) is 9.65. The van der Waals surface area contributed by atoms with Crippen LogP contribution in [0.2, 0.25) is 0 Å². The van der Waals surface area contributed by atoms with Gasteiger partial charge in [-0.15, -0.1) is 5.10 Å². The lowest BCUT2D eigenvalue weighted by atomic mass is 10.1. The number of hydrogen-bond donors (Lipinski definition) is 1. The van der Waals surface area contributed by atoms with Crippen molar-refractivity contribution in [3.63, 3.8) is 0 Å². The molecule has 1 N–H and O–H groups in total. The summed E-state index contributed by atoms with van der Waals surface area (Å²) in [6, 6.07) is 17.0. The van der Waals surface area contributed by atoms with E-state index in [2.05, 4.69) is 25.8 Å². The van der Waals surface area contributed by atoms with E-state index in [9.17, 15) is 4.79 Å². The Morgan fingerprint density at radius 3 is 2.69 bits per heavy atom. The van der Waals surface area contributed by atoms with E-state index in [4.69, 9.17) is 4.74 Å². The third kappa shape index (κ3) is 5.23. The van der Waals surface area contributed by atoms with Crippen LogP contribution in [0.4, 0.5) is 5.69 Å². The molecule has 0 aliphatic rings. The molecule has 0 aliphatic carbocycles. The van der Waals surface area contributed by atoms with Crippen LogP contribution >= 0.6 is 0 Å². The highest BCUT2D eigenvalue weighted by atomic mass is 16.5. The van der Waals surface area contributed by atoms with Gasteiger partial charge in [-0.1, -0.05) is 24.3 Å². The maximum absolute atomic E-state index is 12.4. The number of nitrogens with one attached hydrogen (secondary N) is 1. The Hall–Kier alpha value is -4.33. The Morgan fingerprint density at radius 1 is 1.12 bits per heavy atom. The second-order valence-corrected chi connectivity index (χ2v) is 7.18. The molecule has 2 aromatic heterocycles. The maximum Gasteiger partial charge on any atom is 0.248 e. The minimum Gasteiger partial charge on any atom is -0.489 e. The minimum atomic E-state index is -0.231. The summed E-state index contributed by atoms with van der Waals surface area (Å²) in [5.74, 6) is 1.19. The van der Waals surface area contributed by atoms with Crippen LogP contribution in [0.5, 0.6) is 5.75 Å². The molecule has 4 aromatic rings. The average molecular weight is 426 g/mol.